The van der Waals surface area contributed by atoms with Gasteiger partial charge in [-0.15, -0.1) is 0 Å². The van der Waals surface area contributed by atoms with Crippen molar-refractivity contribution in [2.75, 3.05) is 0 Å². The minimum Gasteiger partial charge on any atom is -0.0628 e. The van der Waals surface area contributed by atoms with E-state index in [2.05, 4.69) is 34.6 Å². The van der Waals surface area contributed by atoms with E-state index in [0.29, 0.717) is 10.8 Å². The first-order valence-corrected chi connectivity index (χ1v) is 12.9. The molecule has 0 heterocycles. The van der Waals surface area contributed by atoms with Gasteiger partial charge in [0.05, 0.1) is 0 Å². The highest BCUT2D eigenvalue weighted by atomic mass is 14.6. The molecule has 0 heteroatoms. The fourth-order valence-corrected chi connectivity index (χ4v) is 9.32. The van der Waals surface area contributed by atoms with Gasteiger partial charge in [-0.25, -0.2) is 0 Å². The maximum Gasteiger partial charge on any atom is -0.0264 e. The standard InChI is InChI=1S/C27H48/c1-19(2)9-8-10-20(3)23-14-15-24-22-13-12-21-11-6-7-17-26(21,4)25(22)16-18-27(23,24)5/h19-25H,6-18H2,1-5H3/t20-,21?,22?,23?,24?,25?,26+,27-/m0/s1. The van der Waals surface area contributed by atoms with Gasteiger partial charge in [0.15, 0.2) is 0 Å². The third kappa shape index (κ3) is 3.44. The second-order valence-electron chi connectivity index (χ2n) is 12.4. The molecule has 5 unspecified atom stereocenters. The fraction of sp³-hybridized carbons (Fsp3) is 1.00. The molecular weight excluding hydrogens is 324 g/mol. The Balaban J connectivity index is 1.46. The summed E-state index contributed by atoms with van der Waals surface area (Å²) in [6.45, 7) is 12.9. The molecule has 0 aromatic rings. The van der Waals surface area contributed by atoms with Gasteiger partial charge < -0.3 is 0 Å². The lowest BCUT2D eigenvalue weighted by atomic mass is 9.44. The van der Waals surface area contributed by atoms with Gasteiger partial charge in [0.25, 0.3) is 0 Å². The predicted octanol–water partition coefficient (Wildman–Crippen LogP) is 8.50. The van der Waals surface area contributed by atoms with E-state index in [1.165, 1.54) is 32.1 Å². The second-order valence-corrected chi connectivity index (χ2v) is 12.4. The van der Waals surface area contributed by atoms with Gasteiger partial charge in [0.2, 0.25) is 0 Å². The Labute approximate surface area is 170 Å². The summed E-state index contributed by atoms with van der Waals surface area (Å²) in [4.78, 5) is 0. The first-order valence-electron chi connectivity index (χ1n) is 12.9. The molecule has 4 fully saturated rings. The Morgan fingerprint density at radius 3 is 2.30 bits per heavy atom. The predicted molar refractivity (Wildman–Crippen MR) is 118 cm³/mol. The summed E-state index contributed by atoms with van der Waals surface area (Å²) in [5.74, 6) is 7.15. The summed E-state index contributed by atoms with van der Waals surface area (Å²) in [6, 6.07) is 0. The van der Waals surface area contributed by atoms with E-state index in [9.17, 15) is 0 Å². The van der Waals surface area contributed by atoms with E-state index in [-0.39, 0.29) is 0 Å². The van der Waals surface area contributed by atoms with Crippen LogP contribution < -0.4 is 0 Å². The summed E-state index contributed by atoms with van der Waals surface area (Å²) in [5, 5.41) is 0. The van der Waals surface area contributed by atoms with Crippen molar-refractivity contribution in [2.24, 2.45) is 52.3 Å². The highest BCUT2D eigenvalue weighted by Crippen LogP contribution is 2.68. The number of hydrogen-bond donors (Lipinski definition) is 0. The molecule has 0 spiro atoms. The van der Waals surface area contributed by atoms with E-state index >= 15 is 0 Å². The maximum absolute atomic E-state index is 2.75. The molecule has 0 amide bonds. The third-order valence-corrected chi connectivity index (χ3v) is 10.8. The number of fused-ring (bicyclic) bond motifs is 5. The van der Waals surface area contributed by atoms with Crippen molar-refractivity contribution in [2.45, 2.75) is 118 Å². The van der Waals surface area contributed by atoms with E-state index in [1.807, 2.05) is 0 Å². The Bertz CT molecular complexity index is 506. The van der Waals surface area contributed by atoms with Crippen LogP contribution >= 0.6 is 0 Å². The molecule has 0 aliphatic heterocycles. The van der Waals surface area contributed by atoms with Gasteiger partial charge in [0, 0.05) is 0 Å². The molecule has 0 saturated heterocycles. The average molecular weight is 373 g/mol. The molecule has 0 N–H and O–H groups in total. The maximum atomic E-state index is 2.75. The largest absolute Gasteiger partial charge is 0.0628 e. The van der Waals surface area contributed by atoms with Crippen LogP contribution in [0.1, 0.15) is 118 Å². The molecule has 4 aliphatic carbocycles. The number of rotatable bonds is 5. The molecule has 4 saturated carbocycles. The van der Waals surface area contributed by atoms with Crippen molar-refractivity contribution >= 4 is 0 Å². The van der Waals surface area contributed by atoms with E-state index in [4.69, 9.17) is 0 Å². The quantitative estimate of drug-likeness (QED) is 0.453. The smallest absolute Gasteiger partial charge is 0.0264 e. The SMILES string of the molecule is CC(C)CCC[C@H](C)C1CCC2C3CCC4CCCC[C@@]4(C)C3CC[C@]21C. The highest BCUT2D eigenvalue weighted by molar-refractivity contribution is 5.09. The zero-order chi connectivity index (χ0) is 19.2. The molecule has 4 aliphatic rings. The average Bonchev–Trinajstić information content (AvgIpc) is 2.98. The van der Waals surface area contributed by atoms with Crippen LogP contribution in [0, 0.1) is 52.3 Å². The Morgan fingerprint density at radius 1 is 0.741 bits per heavy atom. The van der Waals surface area contributed by atoms with E-state index in [1.54, 1.807) is 51.4 Å². The normalized spacial score (nSPS) is 48.0. The van der Waals surface area contributed by atoms with E-state index in [0.717, 1.165) is 41.4 Å². The van der Waals surface area contributed by atoms with Gasteiger partial charge in [0.1, 0.15) is 0 Å². The first kappa shape index (κ1) is 20.3. The Morgan fingerprint density at radius 2 is 1.52 bits per heavy atom. The molecule has 27 heavy (non-hydrogen) atoms. The van der Waals surface area contributed by atoms with Gasteiger partial charge >= 0.3 is 0 Å². The molecule has 156 valence electrons. The van der Waals surface area contributed by atoms with Crippen molar-refractivity contribution in [3.63, 3.8) is 0 Å². The lowest BCUT2D eigenvalue weighted by molar-refractivity contribution is -0.114. The van der Waals surface area contributed by atoms with Crippen molar-refractivity contribution in [1.82, 2.24) is 0 Å². The number of hydrogen-bond acceptors (Lipinski definition) is 0. The van der Waals surface area contributed by atoms with E-state index < -0.39 is 0 Å². The van der Waals surface area contributed by atoms with Crippen LogP contribution in [0.3, 0.4) is 0 Å². The van der Waals surface area contributed by atoms with Gasteiger partial charge in [-0.3, -0.25) is 0 Å². The summed E-state index contributed by atoms with van der Waals surface area (Å²) in [6.07, 6.45) is 19.9. The van der Waals surface area contributed by atoms with Crippen molar-refractivity contribution in [3.8, 4) is 0 Å². The zero-order valence-electron chi connectivity index (χ0n) is 19.2. The summed E-state index contributed by atoms with van der Waals surface area (Å²) in [5.41, 5.74) is 1.39. The molecule has 8 atom stereocenters. The second kappa shape index (κ2) is 7.68. The van der Waals surface area contributed by atoms with Crippen LogP contribution in [0.2, 0.25) is 0 Å². The molecule has 0 aromatic heterocycles. The Kier molecular flexibility index (Phi) is 5.77. The van der Waals surface area contributed by atoms with Crippen LogP contribution in [0.5, 0.6) is 0 Å². The fourth-order valence-electron chi connectivity index (χ4n) is 9.32. The molecular formula is C27H48. The van der Waals surface area contributed by atoms with Crippen LogP contribution in [-0.2, 0) is 0 Å². The molecule has 0 aromatic carbocycles. The van der Waals surface area contributed by atoms with Crippen molar-refractivity contribution in [1.29, 1.82) is 0 Å². The Hall–Kier alpha value is 0. The molecule has 0 bridgehead atoms. The van der Waals surface area contributed by atoms with Crippen molar-refractivity contribution in [3.05, 3.63) is 0 Å². The van der Waals surface area contributed by atoms with Crippen LogP contribution in [0.25, 0.3) is 0 Å². The monoisotopic (exact) mass is 372 g/mol. The molecule has 0 nitrogen and oxygen atoms in total. The summed E-state index contributed by atoms with van der Waals surface area (Å²) < 4.78 is 0. The lowest BCUT2D eigenvalue weighted by Crippen LogP contribution is -2.53. The van der Waals surface area contributed by atoms with Crippen LogP contribution in [-0.4, -0.2) is 0 Å². The first-order chi connectivity index (χ1) is 12.9. The lowest BCUT2D eigenvalue weighted by Gasteiger charge is -2.61. The zero-order valence-corrected chi connectivity index (χ0v) is 19.2. The van der Waals surface area contributed by atoms with Crippen molar-refractivity contribution < 1.29 is 0 Å². The molecule has 4 rings (SSSR count). The van der Waals surface area contributed by atoms with Gasteiger partial charge in [-0.05, 0) is 104 Å². The highest BCUT2D eigenvalue weighted by Gasteiger charge is 2.59. The minimum atomic E-state index is 0.677. The summed E-state index contributed by atoms with van der Waals surface area (Å²) in [7, 11) is 0. The van der Waals surface area contributed by atoms with Crippen LogP contribution in [0.15, 0.2) is 0 Å². The third-order valence-electron chi connectivity index (χ3n) is 10.8. The molecule has 0 radical (unpaired) electrons. The van der Waals surface area contributed by atoms with Crippen LogP contribution in [0.4, 0.5) is 0 Å². The topological polar surface area (TPSA) is 0 Å². The van der Waals surface area contributed by atoms with Gasteiger partial charge in [-0.2, -0.15) is 0 Å². The summed E-state index contributed by atoms with van der Waals surface area (Å²) >= 11 is 0. The van der Waals surface area contributed by atoms with Gasteiger partial charge in [-0.1, -0.05) is 66.7 Å². The minimum absolute atomic E-state index is 0.677.